The van der Waals surface area contributed by atoms with Crippen molar-refractivity contribution in [1.29, 1.82) is 0 Å². The fourth-order valence-corrected chi connectivity index (χ4v) is 5.71. The molecule has 29 heavy (non-hydrogen) atoms. The van der Waals surface area contributed by atoms with Crippen LogP contribution >= 0.6 is 15.9 Å². The molecule has 0 aromatic heterocycles. The fraction of sp³-hybridized carbons (Fsp3) is 0.667. The number of hydrogen-bond donors (Lipinski definition) is 0. The van der Waals surface area contributed by atoms with Crippen molar-refractivity contribution < 1.29 is 19.1 Å². The van der Waals surface area contributed by atoms with Crippen LogP contribution in [0.5, 0.6) is 0 Å². The van der Waals surface area contributed by atoms with Crippen LogP contribution in [0.1, 0.15) is 32.1 Å². The van der Waals surface area contributed by atoms with Crippen LogP contribution < -0.4 is 0 Å². The summed E-state index contributed by atoms with van der Waals surface area (Å²) in [5.74, 6) is -0.469. The highest BCUT2D eigenvalue weighted by atomic mass is 79.9. The molecule has 0 N–H and O–H groups in total. The zero-order valence-corrected chi connectivity index (χ0v) is 20.0. The molecule has 2 aliphatic carbocycles. The molecule has 2 atom stereocenters. The second-order valence-electron chi connectivity index (χ2n) is 9.76. The van der Waals surface area contributed by atoms with Crippen molar-refractivity contribution in [2.24, 2.45) is 5.41 Å². The van der Waals surface area contributed by atoms with E-state index in [-0.39, 0.29) is 35.7 Å². The van der Waals surface area contributed by atoms with Gasteiger partial charge < -0.3 is 4.74 Å². The molecule has 0 bridgehead atoms. The molecule has 3 amide bonds. The van der Waals surface area contributed by atoms with Crippen LogP contribution in [0, 0.1) is 5.41 Å². The summed E-state index contributed by atoms with van der Waals surface area (Å²) in [5.41, 5.74) is 1.65. The monoisotopic (exact) mass is 480 g/mol. The topological polar surface area (TPSA) is 66.9 Å². The molecule has 158 valence electrons. The van der Waals surface area contributed by atoms with E-state index in [1.807, 2.05) is 12.2 Å². The minimum absolute atomic E-state index is 0.0168. The highest BCUT2D eigenvalue weighted by molar-refractivity contribution is 9.09. The van der Waals surface area contributed by atoms with Crippen LogP contribution in [0.3, 0.4) is 0 Å². The van der Waals surface area contributed by atoms with E-state index in [1.54, 1.807) is 4.90 Å². The fourth-order valence-electron chi connectivity index (χ4n) is 4.48. The zero-order valence-electron chi connectivity index (χ0n) is 17.4. The Kier molecular flexibility index (Phi) is 5.40. The number of piperidine rings is 1. The Balaban J connectivity index is 1.50. The number of ether oxygens (including phenoxy) is 1. The van der Waals surface area contributed by atoms with E-state index >= 15 is 0 Å². The molecular weight excluding hydrogens is 452 g/mol. The van der Waals surface area contributed by atoms with E-state index < -0.39 is 19.5 Å². The normalized spacial score (nSPS) is 28.6. The molecule has 2 heterocycles. The van der Waals surface area contributed by atoms with Gasteiger partial charge in [0, 0.05) is 31.6 Å². The smallest absolute Gasteiger partial charge is 0.254 e. The highest BCUT2D eigenvalue weighted by Gasteiger charge is 2.62. The number of likely N-dealkylation sites (tertiary alicyclic amines) is 1. The molecule has 0 radical (unpaired) electrons. The molecule has 4 rings (SSSR count). The van der Waals surface area contributed by atoms with E-state index in [0.717, 1.165) is 36.6 Å². The van der Waals surface area contributed by atoms with Crippen LogP contribution in [0.2, 0.25) is 25.7 Å². The SMILES string of the molecule is C[Si](C)(C)CCOCN1C(=O)CCC(N2C(=O)C3(CC3)C3=C2C=CC(Br)C3)C1=O. The molecule has 2 aliphatic heterocycles. The highest BCUT2D eigenvalue weighted by Crippen LogP contribution is 2.61. The van der Waals surface area contributed by atoms with Gasteiger partial charge in [0.1, 0.15) is 12.8 Å². The van der Waals surface area contributed by atoms with Crippen LogP contribution in [-0.4, -0.2) is 59.8 Å². The lowest BCUT2D eigenvalue weighted by atomic mass is 9.90. The largest absolute Gasteiger partial charge is 0.361 e. The third kappa shape index (κ3) is 3.79. The quantitative estimate of drug-likeness (QED) is 0.252. The Morgan fingerprint density at radius 3 is 2.62 bits per heavy atom. The molecule has 8 heteroatoms. The van der Waals surface area contributed by atoms with Crippen LogP contribution in [0.25, 0.3) is 0 Å². The van der Waals surface area contributed by atoms with Crippen LogP contribution in [0.4, 0.5) is 0 Å². The average molecular weight is 481 g/mol. The predicted octanol–water partition coefficient (Wildman–Crippen LogP) is 3.42. The van der Waals surface area contributed by atoms with Crippen molar-refractivity contribution in [3.05, 3.63) is 23.4 Å². The first kappa shape index (κ1) is 21.0. The molecule has 1 saturated heterocycles. The van der Waals surface area contributed by atoms with Crippen molar-refractivity contribution in [3.8, 4) is 0 Å². The Bertz CT molecular complexity index is 812. The average Bonchev–Trinajstić information content (AvgIpc) is 3.40. The Morgan fingerprint density at radius 2 is 1.97 bits per heavy atom. The Hall–Kier alpha value is -1.25. The lowest BCUT2D eigenvalue weighted by Gasteiger charge is -2.36. The van der Waals surface area contributed by atoms with Crippen molar-refractivity contribution in [2.75, 3.05) is 13.3 Å². The summed E-state index contributed by atoms with van der Waals surface area (Å²) < 4.78 is 5.69. The summed E-state index contributed by atoms with van der Waals surface area (Å²) >= 11 is 3.63. The van der Waals surface area contributed by atoms with Gasteiger partial charge in [-0.1, -0.05) is 41.6 Å². The van der Waals surface area contributed by atoms with E-state index in [9.17, 15) is 14.4 Å². The Labute approximate surface area is 181 Å². The summed E-state index contributed by atoms with van der Waals surface area (Å²) in [6.45, 7) is 7.31. The minimum Gasteiger partial charge on any atom is -0.361 e. The van der Waals surface area contributed by atoms with Gasteiger partial charge in [0.2, 0.25) is 11.8 Å². The van der Waals surface area contributed by atoms with E-state index in [0.29, 0.717) is 13.0 Å². The number of carbonyl (C=O) groups excluding carboxylic acids is 3. The second kappa shape index (κ2) is 7.46. The van der Waals surface area contributed by atoms with Crippen molar-refractivity contribution in [1.82, 2.24) is 9.80 Å². The number of amides is 3. The summed E-state index contributed by atoms with van der Waals surface area (Å²) in [6, 6.07) is 0.372. The molecule has 2 unspecified atom stereocenters. The summed E-state index contributed by atoms with van der Waals surface area (Å²) in [5, 5.41) is 0. The van der Waals surface area contributed by atoms with Gasteiger partial charge in [-0.15, -0.1) is 0 Å². The number of halogens is 1. The Morgan fingerprint density at radius 1 is 1.24 bits per heavy atom. The van der Waals surface area contributed by atoms with Gasteiger partial charge in [0.25, 0.3) is 5.91 Å². The van der Waals surface area contributed by atoms with Crippen molar-refractivity contribution in [3.63, 3.8) is 0 Å². The first-order valence-corrected chi connectivity index (χ1v) is 15.1. The van der Waals surface area contributed by atoms with Crippen LogP contribution in [0.15, 0.2) is 23.4 Å². The summed E-state index contributed by atoms with van der Waals surface area (Å²) in [4.78, 5) is 42.1. The number of nitrogens with zero attached hydrogens (tertiary/aromatic N) is 2. The zero-order chi connectivity index (χ0) is 21.0. The van der Waals surface area contributed by atoms with Gasteiger partial charge in [0.05, 0.1) is 5.41 Å². The lowest BCUT2D eigenvalue weighted by molar-refractivity contribution is -0.161. The number of allylic oxidation sites excluding steroid dienone is 2. The minimum atomic E-state index is -1.24. The molecular formula is C21H29BrN2O4Si. The maximum Gasteiger partial charge on any atom is 0.254 e. The first-order chi connectivity index (χ1) is 13.6. The maximum atomic E-state index is 13.3. The van der Waals surface area contributed by atoms with Gasteiger partial charge in [-0.3, -0.25) is 24.2 Å². The predicted molar refractivity (Wildman–Crippen MR) is 116 cm³/mol. The first-order valence-electron chi connectivity index (χ1n) is 10.5. The van der Waals surface area contributed by atoms with Gasteiger partial charge >= 0.3 is 0 Å². The van der Waals surface area contributed by atoms with E-state index in [4.69, 9.17) is 4.74 Å². The number of carbonyl (C=O) groups is 3. The molecule has 6 nitrogen and oxygen atoms in total. The summed E-state index contributed by atoms with van der Waals surface area (Å²) in [6.07, 6.45) is 7.18. The third-order valence-electron chi connectivity index (χ3n) is 6.40. The standard InChI is InChI=1S/C21H29BrN2O4Si/c1-29(2,3)11-10-28-13-23-18(25)7-6-17(19(23)26)24-16-5-4-14(22)12-15(16)21(8-9-21)20(24)27/h4-5,14,17H,6-13H2,1-3H3. The summed E-state index contributed by atoms with van der Waals surface area (Å²) in [7, 11) is -1.24. The second-order valence-corrected chi connectivity index (χ2v) is 16.6. The molecule has 0 aromatic carbocycles. The van der Waals surface area contributed by atoms with E-state index in [1.165, 1.54) is 4.90 Å². The van der Waals surface area contributed by atoms with Crippen molar-refractivity contribution in [2.45, 2.75) is 68.7 Å². The number of imide groups is 1. The lowest BCUT2D eigenvalue weighted by Crippen LogP contribution is -2.55. The van der Waals surface area contributed by atoms with Gasteiger partial charge in [-0.25, -0.2) is 0 Å². The number of fused-ring (bicyclic) bond motifs is 1. The molecule has 2 fully saturated rings. The molecule has 4 aliphatic rings. The number of rotatable bonds is 6. The van der Waals surface area contributed by atoms with Gasteiger partial charge in [-0.05, 0) is 43.4 Å². The molecule has 1 saturated carbocycles. The number of hydrogen-bond acceptors (Lipinski definition) is 4. The molecule has 0 aromatic rings. The molecule has 1 spiro atoms. The van der Waals surface area contributed by atoms with E-state index in [2.05, 4.69) is 35.6 Å². The van der Waals surface area contributed by atoms with Crippen molar-refractivity contribution >= 4 is 41.7 Å². The third-order valence-corrected chi connectivity index (χ3v) is 8.73. The maximum absolute atomic E-state index is 13.3. The van der Waals surface area contributed by atoms with Crippen LogP contribution in [-0.2, 0) is 19.1 Å². The van der Waals surface area contributed by atoms with Gasteiger partial charge in [0.15, 0.2) is 0 Å². The number of alkyl halides is 1. The van der Waals surface area contributed by atoms with Gasteiger partial charge in [-0.2, -0.15) is 0 Å².